The van der Waals surface area contributed by atoms with Crippen LogP contribution in [-0.4, -0.2) is 100 Å². The van der Waals surface area contributed by atoms with Crippen LogP contribution in [0, 0.1) is 35.8 Å². The number of halogens is 2. The van der Waals surface area contributed by atoms with E-state index in [4.69, 9.17) is 30.6 Å². The quantitative estimate of drug-likeness (QED) is 0.140. The van der Waals surface area contributed by atoms with E-state index >= 15 is 8.78 Å². The summed E-state index contributed by atoms with van der Waals surface area (Å²) in [5, 5.41) is 11.1. The summed E-state index contributed by atoms with van der Waals surface area (Å²) in [7, 11) is 1.49. The number of hydrogen-bond donors (Lipinski definition) is 1. The molecule has 6 heterocycles. The van der Waals surface area contributed by atoms with Crippen LogP contribution in [0.3, 0.4) is 0 Å². The Morgan fingerprint density at radius 3 is 2.40 bits per heavy atom. The Bertz CT molecular complexity index is 2100. The minimum Gasteiger partial charge on any atom is -0.468 e. The van der Waals surface area contributed by atoms with Crippen LogP contribution in [-0.2, 0) is 4.74 Å². The zero-order valence-electron chi connectivity index (χ0n) is 30.3. The van der Waals surface area contributed by atoms with Gasteiger partial charge in [-0.3, -0.25) is 14.8 Å². The number of methoxy groups -OCH3 is 1. The lowest BCUT2D eigenvalue weighted by Crippen LogP contribution is -2.55. The Balaban J connectivity index is 1.26. The van der Waals surface area contributed by atoms with Crippen LogP contribution in [0.5, 0.6) is 11.8 Å². The molecule has 0 spiro atoms. The third-order valence-electron chi connectivity index (χ3n) is 12.0. The second-order valence-electron chi connectivity index (χ2n) is 15.1. The van der Waals surface area contributed by atoms with Gasteiger partial charge in [0, 0.05) is 50.4 Å². The van der Waals surface area contributed by atoms with E-state index in [0.29, 0.717) is 59.3 Å². The summed E-state index contributed by atoms with van der Waals surface area (Å²) >= 11 is 0. The van der Waals surface area contributed by atoms with Gasteiger partial charge in [0.05, 0.1) is 28.6 Å². The zero-order chi connectivity index (χ0) is 37.0. The molecule has 11 nitrogen and oxygen atoms in total. The van der Waals surface area contributed by atoms with E-state index in [9.17, 15) is 9.90 Å². The lowest BCUT2D eigenvalue weighted by molar-refractivity contribution is 0.0512. The number of carboxylic acid groups (broad SMARTS) is 1. The van der Waals surface area contributed by atoms with Crippen LogP contribution < -0.4 is 14.4 Å². The summed E-state index contributed by atoms with van der Waals surface area (Å²) in [6.45, 7) is 7.60. The highest BCUT2D eigenvalue weighted by atomic mass is 19.1. The minimum atomic E-state index is -0.939. The maximum Gasteiger partial charge on any atom is 0.407 e. The molecule has 0 aliphatic carbocycles. The van der Waals surface area contributed by atoms with Crippen molar-refractivity contribution in [3.8, 4) is 35.4 Å². The van der Waals surface area contributed by atoms with Crippen molar-refractivity contribution in [2.24, 2.45) is 11.8 Å². The number of pyridine rings is 1. The predicted molar refractivity (Wildman–Crippen MR) is 196 cm³/mol. The first-order chi connectivity index (χ1) is 25.7. The lowest BCUT2D eigenvalue weighted by Gasteiger charge is -2.40. The molecule has 4 aliphatic heterocycles. The van der Waals surface area contributed by atoms with Crippen molar-refractivity contribution in [2.75, 3.05) is 51.6 Å². The molecule has 2 bridgehead atoms. The zero-order valence-corrected chi connectivity index (χ0v) is 30.3. The van der Waals surface area contributed by atoms with Crippen molar-refractivity contribution in [2.45, 2.75) is 70.0 Å². The monoisotopic (exact) mass is 726 g/mol. The first kappa shape index (κ1) is 35.2. The molecular weight excluding hydrogens is 682 g/mol. The number of carbonyl (C=O) groups is 1. The average molecular weight is 727 g/mol. The van der Waals surface area contributed by atoms with E-state index < -0.39 is 17.7 Å². The molecule has 4 fully saturated rings. The van der Waals surface area contributed by atoms with Crippen LogP contribution in [0.15, 0.2) is 30.5 Å². The molecule has 2 unspecified atom stereocenters. The van der Waals surface area contributed by atoms with Gasteiger partial charge in [0.25, 0.3) is 0 Å². The minimum absolute atomic E-state index is 0.0110. The molecule has 8 rings (SSSR count). The van der Waals surface area contributed by atoms with E-state index in [-0.39, 0.29) is 52.8 Å². The summed E-state index contributed by atoms with van der Waals surface area (Å²) in [5.74, 6) is 3.02. The Morgan fingerprint density at radius 1 is 1.04 bits per heavy atom. The molecular formula is C40H44F2N6O5. The van der Waals surface area contributed by atoms with Gasteiger partial charge in [-0.1, -0.05) is 38.7 Å². The van der Waals surface area contributed by atoms with Gasteiger partial charge < -0.3 is 24.2 Å². The highest BCUT2D eigenvalue weighted by Gasteiger charge is 2.51. The highest BCUT2D eigenvalue weighted by Crippen LogP contribution is 2.46. The van der Waals surface area contributed by atoms with Crippen LogP contribution in [0.4, 0.5) is 19.4 Å². The molecule has 0 saturated carbocycles. The molecule has 1 N–H and O–H groups in total. The molecule has 0 radical (unpaired) electrons. The van der Waals surface area contributed by atoms with Crippen LogP contribution in [0.2, 0.25) is 0 Å². The number of fused-ring (bicyclic) bond motifs is 5. The van der Waals surface area contributed by atoms with E-state index in [1.165, 1.54) is 24.3 Å². The SMILES string of the molecule is C#Cc1c(F)ccc2cc(OCOC)cc(-c3ncc4c(N5C[C@H]6CC[C@@H](C5)N6C(=O)O)nc(OCC56CC(CC)CN5CC(CC)C6)nc4c3F)c12. The highest BCUT2D eigenvalue weighted by molar-refractivity contribution is 6.03. The summed E-state index contributed by atoms with van der Waals surface area (Å²) < 4.78 is 49.8. The number of rotatable bonds is 10. The van der Waals surface area contributed by atoms with E-state index in [1.807, 2.05) is 4.90 Å². The van der Waals surface area contributed by atoms with Crippen LogP contribution in [0.1, 0.15) is 57.9 Å². The smallest absolute Gasteiger partial charge is 0.407 e. The first-order valence-electron chi connectivity index (χ1n) is 18.5. The summed E-state index contributed by atoms with van der Waals surface area (Å²) in [6.07, 6.45) is 12.1. The molecule has 1 amide bonds. The van der Waals surface area contributed by atoms with Gasteiger partial charge in [-0.25, -0.2) is 13.6 Å². The fourth-order valence-electron chi connectivity index (χ4n) is 9.44. The molecule has 2 aromatic carbocycles. The maximum absolute atomic E-state index is 17.3. The van der Waals surface area contributed by atoms with Gasteiger partial charge in [0.1, 0.15) is 35.2 Å². The van der Waals surface area contributed by atoms with E-state index in [1.54, 1.807) is 18.2 Å². The number of terminal acetylenes is 1. The number of nitrogens with zero attached hydrogens (tertiary/aromatic N) is 6. The average Bonchev–Trinajstić information content (AvgIpc) is 3.78. The Kier molecular flexibility index (Phi) is 9.23. The number of amides is 1. The van der Waals surface area contributed by atoms with Gasteiger partial charge in [0.2, 0.25) is 0 Å². The topological polar surface area (TPSA) is 113 Å². The molecule has 13 heteroatoms. The molecule has 4 aliphatic rings. The van der Waals surface area contributed by atoms with Gasteiger partial charge in [-0.2, -0.15) is 9.97 Å². The molecule has 278 valence electrons. The summed E-state index contributed by atoms with van der Waals surface area (Å²) in [6, 6.07) is 5.69. The normalized spacial score (nSPS) is 25.3. The van der Waals surface area contributed by atoms with E-state index in [2.05, 4.69) is 29.7 Å². The number of aromatic nitrogens is 3. The number of ether oxygens (including phenoxy) is 3. The number of piperazine rings is 1. The van der Waals surface area contributed by atoms with Gasteiger partial charge in [-0.05, 0) is 61.1 Å². The second-order valence-corrected chi connectivity index (χ2v) is 15.1. The van der Waals surface area contributed by atoms with E-state index in [0.717, 1.165) is 51.6 Å². The fourth-order valence-corrected chi connectivity index (χ4v) is 9.44. The number of anilines is 1. The standard InChI is InChI=1S/C40H44F2N6O5/c1-5-23-14-40(15-24(6-2)18-47(40)17-23)21-52-38-44-36-31(37(45-38)46-19-26-9-10-27(20-46)48(26)39(49)50)16-43-35(34(36)42)30-13-28(53-22-51-4)12-25-8-11-32(41)29(7-3)33(25)30/h3,8,11-13,16,23-24,26-27H,5-6,9-10,14-15,17-22H2,1-2,4H3,(H,49,50)/t23?,24?,26-,27+,40?. The Hall–Kier alpha value is -4.80. The van der Waals surface area contributed by atoms with Crippen molar-refractivity contribution in [3.05, 3.63) is 47.7 Å². The van der Waals surface area contributed by atoms with Crippen molar-refractivity contribution in [1.29, 1.82) is 0 Å². The molecule has 4 aromatic rings. The Morgan fingerprint density at radius 2 is 1.75 bits per heavy atom. The largest absolute Gasteiger partial charge is 0.468 e. The van der Waals surface area contributed by atoms with Gasteiger partial charge in [-0.15, -0.1) is 6.42 Å². The maximum atomic E-state index is 17.3. The molecule has 4 atom stereocenters. The predicted octanol–water partition coefficient (Wildman–Crippen LogP) is 6.70. The first-order valence-corrected chi connectivity index (χ1v) is 18.5. The lowest BCUT2D eigenvalue weighted by atomic mass is 9.86. The third kappa shape index (κ3) is 6.05. The number of hydrogen-bond acceptors (Lipinski definition) is 9. The second kappa shape index (κ2) is 13.9. The van der Waals surface area contributed by atoms with Crippen molar-refractivity contribution in [3.63, 3.8) is 0 Å². The summed E-state index contributed by atoms with van der Waals surface area (Å²) in [5.41, 5.74) is -0.0386. The van der Waals surface area contributed by atoms with Crippen molar-refractivity contribution < 1.29 is 32.9 Å². The van der Waals surface area contributed by atoms with Crippen molar-refractivity contribution in [1.82, 2.24) is 24.8 Å². The fraction of sp³-hybridized carbons (Fsp3) is 0.500. The Labute approximate surface area is 307 Å². The van der Waals surface area contributed by atoms with Crippen LogP contribution >= 0.6 is 0 Å². The van der Waals surface area contributed by atoms with Gasteiger partial charge in [0.15, 0.2) is 12.6 Å². The molecule has 53 heavy (non-hydrogen) atoms. The summed E-state index contributed by atoms with van der Waals surface area (Å²) in [4.78, 5) is 32.5. The van der Waals surface area contributed by atoms with Crippen LogP contribution in [0.25, 0.3) is 32.9 Å². The molecule has 2 aromatic heterocycles. The van der Waals surface area contributed by atoms with Crippen molar-refractivity contribution >= 4 is 33.6 Å². The molecule has 4 saturated heterocycles. The number of benzene rings is 2. The third-order valence-corrected chi connectivity index (χ3v) is 12.0. The van der Waals surface area contributed by atoms with Gasteiger partial charge >= 0.3 is 12.1 Å².